The first-order valence-corrected chi connectivity index (χ1v) is 11.6. The zero-order chi connectivity index (χ0) is 21.0. The van der Waals surface area contributed by atoms with Gasteiger partial charge in [-0.2, -0.15) is 0 Å². The van der Waals surface area contributed by atoms with Gasteiger partial charge in [-0.05, 0) is 36.8 Å². The molecule has 0 aromatic heterocycles. The normalized spacial score (nSPS) is 15.9. The van der Waals surface area contributed by atoms with Crippen LogP contribution in [0.25, 0.3) is 0 Å². The monoisotopic (exact) mass is 434 g/mol. The van der Waals surface area contributed by atoms with Crippen LogP contribution < -0.4 is 15.4 Å². The lowest BCUT2D eigenvalue weighted by molar-refractivity contribution is -0.116. The number of ether oxygens (including phenoxy) is 1. The Morgan fingerprint density at radius 1 is 1.24 bits per heavy atom. The average molecular weight is 435 g/mol. The zero-order valence-electron chi connectivity index (χ0n) is 16.1. The minimum absolute atomic E-state index is 0.0742. The van der Waals surface area contributed by atoms with Gasteiger partial charge in [-0.15, -0.1) is 11.8 Å². The highest BCUT2D eigenvalue weighted by Crippen LogP contribution is 2.38. The van der Waals surface area contributed by atoms with Crippen LogP contribution in [0.3, 0.4) is 0 Å². The first-order valence-electron chi connectivity index (χ1n) is 9.10. The van der Waals surface area contributed by atoms with Gasteiger partial charge < -0.3 is 15.4 Å². The largest absolute Gasteiger partial charge is 0.497 e. The molecule has 3 rings (SSSR count). The van der Waals surface area contributed by atoms with E-state index in [9.17, 15) is 18.0 Å². The van der Waals surface area contributed by atoms with Gasteiger partial charge in [0.2, 0.25) is 11.8 Å². The van der Waals surface area contributed by atoms with Crippen LogP contribution in [0.15, 0.2) is 52.3 Å². The van der Waals surface area contributed by atoms with Gasteiger partial charge in [0.05, 0.1) is 28.7 Å². The van der Waals surface area contributed by atoms with Gasteiger partial charge >= 0.3 is 0 Å². The maximum atomic E-state index is 12.7. The van der Waals surface area contributed by atoms with E-state index in [1.54, 1.807) is 36.4 Å². The van der Waals surface area contributed by atoms with E-state index in [2.05, 4.69) is 10.6 Å². The molecule has 2 aromatic rings. The summed E-state index contributed by atoms with van der Waals surface area (Å²) in [5.41, 5.74) is 1.15. The molecule has 7 nitrogen and oxygen atoms in total. The lowest BCUT2D eigenvalue weighted by atomic mass is 10.2. The molecule has 2 amide bonds. The second-order valence-corrected chi connectivity index (χ2v) is 9.86. The van der Waals surface area contributed by atoms with Crippen molar-refractivity contribution in [2.75, 3.05) is 23.5 Å². The number of rotatable bonds is 7. The van der Waals surface area contributed by atoms with Gasteiger partial charge in [-0.1, -0.05) is 13.0 Å². The third kappa shape index (κ3) is 5.10. The average Bonchev–Trinajstić information content (AvgIpc) is 2.71. The number of sulfone groups is 1. The molecule has 1 aliphatic rings. The minimum Gasteiger partial charge on any atom is -0.497 e. The van der Waals surface area contributed by atoms with Gasteiger partial charge in [0, 0.05) is 23.1 Å². The number of methoxy groups -OCH3 is 1. The highest BCUT2D eigenvalue weighted by atomic mass is 32.2. The van der Waals surface area contributed by atoms with E-state index in [0.29, 0.717) is 23.5 Å². The first kappa shape index (κ1) is 21.2. The van der Waals surface area contributed by atoms with Crippen LogP contribution in [-0.2, 0) is 19.4 Å². The molecule has 1 atom stereocenters. The summed E-state index contributed by atoms with van der Waals surface area (Å²) in [5, 5.41) is 5.23. The third-order valence-corrected chi connectivity index (χ3v) is 7.59. The predicted molar refractivity (Wildman–Crippen MR) is 113 cm³/mol. The fourth-order valence-corrected chi connectivity index (χ4v) is 5.27. The van der Waals surface area contributed by atoms with Crippen molar-refractivity contribution in [2.24, 2.45) is 0 Å². The molecule has 1 heterocycles. The van der Waals surface area contributed by atoms with Gasteiger partial charge in [0.15, 0.2) is 9.84 Å². The second-order valence-electron chi connectivity index (χ2n) is 6.51. The van der Waals surface area contributed by atoms with Crippen molar-refractivity contribution < 1.29 is 22.7 Å². The highest BCUT2D eigenvalue weighted by molar-refractivity contribution is 8.01. The molecule has 0 radical (unpaired) electrons. The Morgan fingerprint density at radius 2 is 2.03 bits per heavy atom. The van der Waals surface area contributed by atoms with E-state index >= 15 is 0 Å². The Balaban J connectivity index is 1.66. The molecule has 0 saturated heterocycles. The summed E-state index contributed by atoms with van der Waals surface area (Å²) in [7, 11) is -2.12. The van der Waals surface area contributed by atoms with Crippen LogP contribution in [0.2, 0.25) is 0 Å². The summed E-state index contributed by atoms with van der Waals surface area (Å²) in [6.45, 7) is 1.91. The fraction of sp³-hybridized carbons (Fsp3) is 0.300. The summed E-state index contributed by atoms with van der Waals surface area (Å²) in [5.74, 6) is -0.183. The van der Waals surface area contributed by atoms with E-state index < -0.39 is 15.7 Å². The van der Waals surface area contributed by atoms with Crippen molar-refractivity contribution in [1.29, 1.82) is 0 Å². The molecule has 154 valence electrons. The molecule has 0 saturated carbocycles. The lowest BCUT2D eigenvalue weighted by Gasteiger charge is -2.23. The van der Waals surface area contributed by atoms with Crippen LogP contribution in [0.4, 0.5) is 11.4 Å². The van der Waals surface area contributed by atoms with E-state index in [4.69, 9.17) is 4.74 Å². The Bertz CT molecular complexity index is 1040. The summed E-state index contributed by atoms with van der Waals surface area (Å²) in [6, 6.07) is 11.5. The first-order chi connectivity index (χ1) is 13.8. The molecule has 9 heteroatoms. The number of fused-ring (bicyclic) bond motifs is 1. The Labute approximate surface area is 174 Å². The molecule has 2 aromatic carbocycles. The lowest BCUT2D eigenvalue weighted by Crippen LogP contribution is -2.28. The molecule has 1 unspecified atom stereocenters. The SMILES string of the molecule is CCC1Sc2cc(S(=O)(=O)CCC(=O)Nc3cccc(OC)c3)ccc2NC1=O. The number of hydrogen-bond acceptors (Lipinski definition) is 6. The zero-order valence-corrected chi connectivity index (χ0v) is 17.7. The van der Waals surface area contributed by atoms with Crippen LogP contribution >= 0.6 is 11.8 Å². The number of anilines is 2. The van der Waals surface area contributed by atoms with Crippen molar-refractivity contribution in [1.82, 2.24) is 0 Å². The van der Waals surface area contributed by atoms with E-state index in [-0.39, 0.29) is 28.2 Å². The maximum Gasteiger partial charge on any atom is 0.237 e. The number of amides is 2. The van der Waals surface area contributed by atoms with Crippen molar-refractivity contribution in [2.45, 2.75) is 34.8 Å². The topological polar surface area (TPSA) is 102 Å². The Hall–Kier alpha value is -2.52. The number of nitrogens with one attached hydrogen (secondary N) is 2. The summed E-state index contributed by atoms with van der Waals surface area (Å²) in [6.07, 6.45) is 0.482. The molecule has 29 heavy (non-hydrogen) atoms. The smallest absolute Gasteiger partial charge is 0.237 e. The molecule has 2 N–H and O–H groups in total. The molecule has 1 aliphatic heterocycles. The number of carbonyl (C=O) groups is 2. The van der Waals surface area contributed by atoms with E-state index in [1.807, 2.05) is 6.92 Å². The molecule has 0 spiro atoms. The summed E-state index contributed by atoms with van der Waals surface area (Å²) < 4.78 is 30.5. The Kier molecular flexibility index (Phi) is 6.49. The molecule has 0 bridgehead atoms. The van der Waals surface area contributed by atoms with Gasteiger partial charge in [-0.3, -0.25) is 9.59 Å². The quantitative estimate of drug-likeness (QED) is 0.693. The number of thioether (sulfide) groups is 1. The van der Waals surface area contributed by atoms with Gasteiger partial charge in [-0.25, -0.2) is 8.42 Å². The fourth-order valence-electron chi connectivity index (χ4n) is 2.85. The van der Waals surface area contributed by atoms with Crippen LogP contribution in [0.1, 0.15) is 19.8 Å². The van der Waals surface area contributed by atoms with Crippen LogP contribution in [-0.4, -0.2) is 38.3 Å². The number of hydrogen-bond donors (Lipinski definition) is 2. The summed E-state index contributed by atoms with van der Waals surface area (Å²) >= 11 is 1.36. The molecular weight excluding hydrogens is 412 g/mol. The summed E-state index contributed by atoms with van der Waals surface area (Å²) in [4.78, 5) is 25.0. The second kappa shape index (κ2) is 8.87. The maximum absolute atomic E-state index is 12.7. The third-order valence-electron chi connectivity index (χ3n) is 4.45. The van der Waals surface area contributed by atoms with Gasteiger partial charge in [0.1, 0.15) is 5.75 Å². The van der Waals surface area contributed by atoms with Gasteiger partial charge in [0.25, 0.3) is 0 Å². The standard InChI is InChI=1S/C20H22N2O5S2/c1-3-17-20(24)22-16-8-7-15(12-18(16)28-17)29(25,26)10-9-19(23)21-13-5-4-6-14(11-13)27-2/h4-8,11-12,17H,3,9-10H2,1-2H3,(H,21,23)(H,22,24). The Morgan fingerprint density at radius 3 is 2.76 bits per heavy atom. The van der Waals surface area contributed by atoms with Crippen molar-refractivity contribution in [3.05, 3.63) is 42.5 Å². The molecule has 0 fully saturated rings. The highest BCUT2D eigenvalue weighted by Gasteiger charge is 2.27. The van der Waals surface area contributed by atoms with E-state index in [1.165, 1.54) is 24.9 Å². The number of carbonyl (C=O) groups excluding carboxylic acids is 2. The minimum atomic E-state index is -3.64. The van der Waals surface area contributed by atoms with Crippen LogP contribution in [0.5, 0.6) is 5.75 Å². The van der Waals surface area contributed by atoms with Crippen molar-refractivity contribution in [3.8, 4) is 5.75 Å². The molecular formula is C20H22N2O5S2. The number of benzene rings is 2. The van der Waals surface area contributed by atoms with Crippen molar-refractivity contribution >= 4 is 44.8 Å². The van der Waals surface area contributed by atoms with Crippen molar-refractivity contribution in [3.63, 3.8) is 0 Å². The predicted octanol–water partition coefficient (Wildman–Crippen LogP) is 3.32. The van der Waals surface area contributed by atoms with E-state index in [0.717, 1.165) is 4.90 Å². The molecule has 0 aliphatic carbocycles. The van der Waals surface area contributed by atoms with Crippen LogP contribution in [0, 0.1) is 0 Å².